The molecule has 1 aliphatic heterocycles. The number of aliphatic hydroxyl groups is 1. The van der Waals surface area contributed by atoms with Gasteiger partial charge in [-0.15, -0.1) is 0 Å². The maximum atomic E-state index is 13.3. The summed E-state index contributed by atoms with van der Waals surface area (Å²) < 4.78 is 2.41. The highest BCUT2D eigenvalue weighted by molar-refractivity contribution is 5.94. The Kier molecular flexibility index (Phi) is 8.55. The van der Waals surface area contributed by atoms with Gasteiger partial charge in [-0.05, 0) is 95.2 Å². The summed E-state index contributed by atoms with van der Waals surface area (Å²) in [5, 5.41) is 14.3. The molecule has 1 saturated carbocycles. The zero-order valence-corrected chi connectivity index (χ0v) is 24.1. The Hall–Kier alpha value is -2.93. The van der Waals surface area contributed by atoms with Crippen molar-refractivity contribution in [2.45, 2.75) is 97.1 Å². The Morgan fingerprint density at radius 1 is 1.08 bits per heavy atom. The molecule has 2 fully saturated rings. The number of amides is 1. The number of aryl methyl sites for hydroxylation is 2. The van der Waals surface area contributed by atoms with E-state index in [1.807, 2.05) is 23.2 Å². The minimum atomic E-state index is 0.142. The second kappa shape index (κ2) is 12.1. The Morgan fingerprint density at radius 2 is 1.77 bits per heavy atom. The van der Waals surface area contributed by atoms with Gasteiger partial charge in [0, 0.05) is 55.1 Å². The smallest absolute Gasteiger partial charge is 0.253 e. The van der Waals surface area contributed by atoms with Gasteiger partial charge in [0.1, 0.15) is 5.65 Å². The Labute approximate surface area is 233 Å². The number of nitrogens with zero attached hydrogens (tertiary/aromatic N) is 4. The van der Waals surface area contributed by atoms with E-state index in [4.69, 9.17) is 9.97 Å². The van der Waals surface area contributed by atoms with Crippen LogP contribution in [0.25, 0.3) is 11.0 Å². The van der Waals surface area contributed by atoms with Gasteiger partial charge in [0.2, 0.25) is 5.95 Å². The van der Waals surface area contributed by atoms with Gasteiger partial charge in [-0.3, -0.25) is 4.79 Å². The SMILES string of the molecule is CCC[C@H](C)Nc1ncc2c(C3CCN(C(=O)c4cc(C)cc(C)c4)CC3)cn(C3CCC(CO)CC3)c2n1. The van der Waals surface area contributed by atoms with E-state index >= 15 is 0 Å². The molecule has 1 atom stereocenters. The molecule has 0 bridgehead atoms. The number of fused-ring (bicyclic) bond motifs is 1. The van der Waals surface area contributed by atoms with Crippen molar-refractivity contribution in [1.82, 2.24) is 19.4 Å². The van der Waals surface area contributed by atoms with Crippen LogP contribution in [0.5, 0.6) is 0 Å². The minimum Gasteiger partial charge on any atom is -0.396 e. The lowest BCUT2D eigenvalue weighted by atomic mass is 9.86. The van der Waals surface area contributed by atoms with Crippen LogP contribution in [0.3, 0.4) is 0 Å². The predicted molar refractivity (Wildman–Crippen MR) is 157 cm³/mol. The van der Waals surface area contributed by atoms with Crippen molar-refractivity contribution < 1.29 is 9.90 Å². The maximum Gasteiger partial charge on any atom is 0.253 e. The summed E-state index contributed by atoms with van der Waals surface area (Å²) in [6.07, 6.45) is 12.7. The van der Waals surface area contributed by atoms with Gasteiger partial charge in [0.05, 0.1) is 0 Å². The lowest BCUT2D eigenvalue weighted by Crippen LogP contribution is -2.38. The van der Waals surface area contributed by atoms with Crippen molar-refractivity contribution in [3.05, 3.63) is 52.8 Å². The monoisotopic (exact) mass is 531 g/mol. The first kappa shape index (κ1) is 27.6. The lowest BCUT2D eigenvalue weighted by molar-refractivity contribution is 0.0713. The third kappa shape index (κ3) is 6.13. The van der Waals surface area contributed by atoms with E-state index in [2.05, 4.69) is 49.8 Å². The minimum absolute atomic E-state index is 0.142. The molecule has 1 saturated heterocycles. The first-order valence-electron chi connectivity index (χ1n) is 15.0. The second-order valence-corrected chi connectivity index (χ2v) is 12.1. The van der Waals surface area contributed by atoms with Crippen molar-refractivity contribution in [1.29, 1.82) is 0 Å². The van der Waals surface area contributed by atoms with Crippen LogP contribution in [0.4, 0.5) is 5.95 Å². The van der Waals surface area contributed by atoms with Crippen molar-refractivity contribution in [3.63, 3.8) is 0 Å². The topological polar surface area (TPSA) is 83.3 Å². The first-order valence-corrected chi connectivity index (χ1v) is 15.0. The van der Waals surface area contributed by atoms with E-state index in [1.165, 1.54) is 5.56 Å². The molecular weight excluding hydrogens is 486 g/mol. The number of carbonyl (C=O) groups excluding carboxylic acids is 1. The molecule has 2 N–H and O–H groups in total. The van der Waals surface area contributed by atoms with Gasteiger partial charge in [-0.25, -0.2) is 4.98 Å². The van der Waals surface area contributed by atoms with E-state index < -0.39 is 0 Å². The van der Waals surface area contributed by atoms with Crippen molar-refractivity contribution in [3.8, 4) is 0 Å². The molecule has 0 spiro atoms. The number of likely N-dealkylation sites (tertiary alicyclic amines) is 1. The van der Waals surface area contributed by atoms with E-state index in [9.17, 15) is 9.90 Å². The average molecular weight is 532 g/mol. The highest BCUT2D eigenvalue weighted by atomic mass is 16.3. The molecule has 3 aromatic rings. The van der Waals surface area contributed by atoms with Crippen LogP contribution in [0.15, 0.2) is 30.6 Å². The number of rotatable bonds is 8. The van der Waals surface area contributed by atoms with Gasteiger partial charge in [0.15, 0.2) is 0 Å². The van der Waals surface area contributed by atoms with Gasteiger partial charge >= 0.3 is 0 Å². The molecule has 2 aromatic heterocycles. The normalized spacial score (nSPS) is 21.3. The van der Waals surface area contributed by atoms with Gasteiger partial charge in [0.25, 0.3) is 5.91 Å². The summed E-state index contributed by atoms with van der Waals surface area (Å²) in [6.45, 7) is 10.3. The van der Waals surface area contributed by atoms with Crippen LogP contribution >= 0.6 is 0 Å². The summed E-state index contributed by atoms with van der Waals surface area (Å²) >= 11 is 0. The second-order valence-electron chi connectivity index (χ2n) is 12.1. The Balaban J connectivity index is 1.38. The number of hydrogen-bond acceptors (Lipinski definition) is 5. The quantitative estimate of drug-likeness (QED) is 0.352. The van der Waals surface area contributed by atoms with E-state index in [0.29, 0.717) is 29.9 Å². The van der Waals surface area contributed by atoms with E-state index in [1.54, 1.807) is 0 Å². The fraction of sp³-hybridized carbons (Fsp3) is 0.594. The summed E-state index contributed by atoms with van der Waals surface area (Å²) in [7, 11) is 0. The number of carbonyl (C=O) groups is 1. The molecule has 2 aliphatic rings. The number of hydrogen-bond donors (Lipinski definition) is 2. The fourth-order valence-corrected chi connectivity index (χ4v) is 6.73. The average Bonchev–Trinajstić information content (AvgIpc) is 3.31. The van der Waals surface area contributed by atoms with Crippen LogP contribution in [-0.2, 0) is 0 Å². The molecule has 1 aromatic carbocycles. The molecule has 1 amide bonds. The number of anilines is 1. The van der Waals surface area contributed by atoms with Gasteiger partial charge in [-0.1, -0.05) is 30.5 Å². The summed E-state index contributed by atoms with van der Waals surface area (Å²) in [6, 6.07) is 6.85. The summed E-state index contributed by atoms with van der Waals surface area (Å²) in [4.78, 5) is 25.1. The third-order valence-electron chi connectivity index (χ3n) is 8.86. The third-order valence-corrected chi connectivity index (χ3v) is 8.86. The molecule has 39 heavy (non-hydrogen) atoms. The first-order chi connectivity index (χ1) is 18.9. The molecular formula is C32H45N5O2. The lowest BCUT2D eigenvalue weighted by Gasteiger charge is -2.32. The molecule has 0 unspecified atom stereocenters. The van der Waals surface area contributed by atoms with Crippen molar-refractivity contribution >= 4 is 22.9 Å². The largest absolute Gasteiger partial charge is 0.396 e. The number of aliphatic hydroxyl groups excluding tert-OH is 1. The van der Waals surface area contributed by atoms with Crippen LogP contribution in [0.2, 0.25) is 0 Å². The number of aromatic nitrogens is 3. The number of piperidine rings is 1. The van der Waals surface area contributed by atoms with Crippen LogP contribution < -0.4 is 5.32 Å². The van der Waals surface area contributed by atoms with Crippen molar-refractivity contribution in [2.75, 3.05) is 25.0 Å². The zero-order valence-electron chi connectivity index (χ0n) is 24.1. The molecule has 7 heteroatoms. The molecule has 5 rings (SSSR count). The Morgan fingerprint density at radius 3 is 2.41 bits per heavy atom. The summed E-state index contributed by atoms with van der Waals surface area (Å²) in [5.41, 5.74) is 5.40. The molecule has 210 valence electrons. The fourth-order valence-electron chi connectivity index (χ4n) is 6.73. The van der Waals surface area contributed by atoms with Gasteiger partial charge < -0.3 is 19.9 Å². The number of benzene rings is 1. The van der Waals surface area contributed by atoms with Gasteiger partial charge in [-0.2, -0.15) is 4.98 Å². The summed E-state index contributed by atoms with van der Waals surface area (Å²) in [5.74, 6) is 1.64. The maximum absolute atomic E-state index is 13.3. The molecule has 3 heterocycles. The van der Waals surface area contributed by atoms with Crippen LogP contribution in [0.1, 0.15) is 104 Å². The highest BCUT2D eigenvalue weighted by Gasteiger charge is 2.30. The molecule has 7 nitrogen and oxygen atoms in total. The highest BCUT2D eigenvalue weighted by Crippen LogP contribution is 2.39. The van der Waals surface area contributed by atoms with E-state index in [0.717, 1.165) is 92.2 Å². The number of nitrogens with one attached hydrogen (secondary N) is 1. The van der Waals surface area contributed by atoms with Crippen LogP contribution in [0, 0.1) is 19.8 Å². The Bertz CT molecular complexity index is 1260. The standard InChI is InChI=1S/C32H45N5O2/c1-5-6-23(4)34-32-33-18-28-29(19-37(30(28)35-32)27-9-7-24(20-38)8-10-27)25-11-13-36(14-12-25)31(39)26-16-21(2)15-22(3)17-26/h15-19,23-25,27,38H,5-14,20H2,1-4H3,(H,33,34,35)/t23-,24?,27?/m0/s1. The zero-order chi connectivity index (χ0) is 27.5. The predicted octanol–water partition coefficient (Wildman–Crippen LogP) is 6.39. The molecule has 1 aliphatic carbocycles. The van der Waals surface area contributed by atoms with E-state index in [-0.39, 0.29) is 12.5 Å². The van der Waals surface area contributed by atoms with Crippen molar-refractivity contribution in [2.24, 2.45) is 5.92 Å². The van der Waals surface area contributed by atoms with Crippen LogP contribution in [-0.4, -0.2) is 56.2 Å². The molecule has 0 radical (unpaired) electrons.